The summed E-state index contributed by atoms with van der Waals surface area (Å²) in [5, 5.41) is 2.64. The zero-order chi connectivity index (χ0) is 16.7. The van der Waals surface area contributed by atoms with Gasteiger partial charge in [0.1, 0.15) is 18.0 Å². The van der Waals surface area contributed by atoms with Crippen LogP contribution >= 0.6 is 12.2 Å². The van der Waals surface area contributed by atoms with E-state index in [1.807, 2.05) is 0 Å². The molecule has 0 spiro atoms. The van der Waals surface area contributed by atoms with Crippen LogP contribution in [0.3, 0.4) is 0 Å². The average Bonchev–Trinajstić information content (AvgIpc) is 2.53. The molecule has 7 nitrogen and oxygen atoms in total. The summed E-state index contributed by atoms with van der Waals surface area (Å²) < 4.78 is 14.7. The highest BCUT2D eigenvalue weighted by Crippen LogP contribution is 2.22. The second-order valence-corrected chi connectivity index (χ2v) is 4.68. The zero-order valence-electron chi connectivity index (χ0n) is 12.8. The van der Waals surface area contributed by atoms with Crippen LogP contribution < -0.4 is 14.8 Å². The minimum absolute atomic E-state index is 0.0585. The molecule has 120 valence electrons. The number of nitrogens with zero attached hydrogens (tertiary/aromatic N) is 1. The van der Waals surface area contributed by atoms with E-state index >= 15 is 0 Å². The van der Waals surface area contributed by atoms with Gasteiger partial charge >= 0.3 is 5.97 Å². The second kappa shape index (κ2) is 8.18. The third kappa shape index (κ3) is 4.88. The van der Waals surface area contributed by atoms with Gasteiger partial charge in [-0.1, -0.05) is 0 Å². The van der Waals surface area contributed by atoms with Gasteiger partial charge in [-0.25, -0.2) is 0 Å². The van der Waals surface area contributed by atoms with Gasteiger partial charge in [0.05, 0.1) is 21.3 Å². The number of hydrogen-bond donors (Lipinski definition) is 1. The molecule has 1 rings (SSSR count). The van der Waals surface area contributed by atoms with E-state index in [-0.39, 0.29) is 11.7 Å². The molecule has 0 radical (unpaired) electrons. The first-order valence-corrected chi connectivity index (χ1v) is 6.68. The Balaban J connectivity index is 2.80. The van der Waals surface area contributed by atoms with E-state index in [4.69, 9.17) is 21.7 Å². The summed E-state index contributed by atoms with van der Waals surface area (Å²) in [6.07, 6.45) is 0. The van der Waals surface area contributed by atoms with Crippen LogP contribution in [0.15, 0.2) is 18.2 Å². The van der Waals surface area contributed by atoms with Crippen LogP contribution in [0.2, 0.25) is 0 Å². The summed E-state index contributed by atoms with van der Waals surface area (Å²) >= 11 is 5.07. The van der Waals surface area contributed by atoms with E-state index in [1.165, 1.54) is 26.2 Å². The van der Waals surface area contributed by atoms with Gasteiger partial charge in [-0.2, -0.15) is 0 Å². The molecule has 0 saturated carbocycles. The topological polar surface area (TPSA) is 77.1 Å². The molecule has 0 aliphatic rings. The first-order chi connectivity index (χ1) is 10.4. The smallest absolute Gasteiger partial charge is 0.325 e. The van der Waals surface area contributed by atoms with Crippen LogP contribution in [0.4, 0.5) is 0 Å². The highest BCUT2D eigenvalue weighted by atomic mass is 32.1. The fourth-order valence-corrected chi connectivity index (χ4v) is 1.69. The van der Waals surface area contributed by atoms with Crippen molar-refractivity contribution in [3.63, 3.8) is 0 Å². The van der Waals surface area contributed by atoms with Crippen LogP contribution in [0.1, 0.15) is 10.4 Å². The summed E-state index contributed by atoms with van der Waals surface area (Å²) in [4.78, 5) is 24.8. The van der Waals surface area contributed by atoms with Gasteiger partial charge in [-0.05, 0) is 24.4 Å². The minimum Gasteiger partial charge on any atom is -0.497 e. The lowest BCUT2D eigenvalue weighted by molar-refractivity contribution is -0.140. The maximum absolute atomic E-state index is 12.2. The number of benzene rings is 1. The Hall–Kier alpha value is -2.35. The molecule has 8 heteroatoms. The molecule has 1 aromatic carbocycles. The zero-order valence-corrected chi connectivity index (χ0v) is 13.7. The molecule has 0 aliphatic heterocycles. The molecule has 22 heavy (non-hydrogen) atoms. The van der Waals surface area contributed by atoms with Gasteiger partial charge < -0.3 is 19.1 Å². The number of hydrogen-bond acceptors (Lipinski definition) is 6. The van der Waals surface area contributed by atoms with Crippen LogP contribution in [0.25, 0.3) is 0 Å². The number of esters is 1. The number of methoxy groups -OCH3 is 3. The number of likely N-dealkylation sites (N-methyl/N-ethyl adjacent to an activating group) is 1. The molecule has 0 fully saturated rings. The van der Waals surface area contributed by atoms with Crippen molar-refractivity contribution in [2.45, 2.75) is 0 Å². The fraction of sp³-hybridized carbons (Fsp3) is 0.357. The van der Waals surface area contributed by atoms with E-state index < -0.39 is 11.9 Å². The van der Waals surface area contributed by atoms with Crippen molar-refractivity contribution in [2.24, 2.45) is 0 Å². The molecule has 0 bridgehead atoms. The van der Waals surface area contributed by atoms with Crippen molar-refractivity contribution in [1.29, 1.82) is 0 Å². The lowest BCUT2D eigenvalue weighted by Gasteiger charge is -2.19. The molecular weight excluding hydrogens is 308 g/mol. The molecule has 0 aromatic heterocycles. The number of nitrogens with one attached hydrogen (secondary N) is 1. The van der Waals surface area contributed by atoms with Crippen molar-refractivity contribution >= 4 is 29.2 Å². The fourth-order valence-electron chi connectivity index (χ4n) is 1.53. The molecule has 0 heterocycles. The lowest BCUT2D eigenvalue weighted by atomic mass is 10.2. The predicted molar refractivity (Wildman–Crippen MR) is 84.3 cm³/mol. The number of thiocarbonyl (C=S) groups is 1. The second-order valence-electron chi connectivity index (χ2n) is 4.29. The van der Waals surface area contributed by atoms with E-state index in [1.54, 1.807) is 25.2 Å². The molecule has 1 N–H and O–H groups in total. The number of carbonyl (C=O) groups is 2. The first-order valence-electron chi connectivity index (χ1n) is 6.27. The minimum atomic E-state index is -0.456. The van der Waals surface area contributed by atoms with Gasteiger partial charge in [0.2, 0.25) is 0 Å². The highest BCUT2D eigenvalue weighted by molar-refractivity contribution is 7.80. The number of carbonyl (C=O) groups excluding carboxylic acids is 2. The maximum Gasteiger partial charge on any atom is 0.325 e. The molecule has 0 saturated heterocycles. The average molecular weight is 326 g/mol. The van der Waals surface area contributed by atoms with Gasteiger partial charge in [-0.15, -0.1) is 0 Å². The van der Waals surface area contributed by atoms with Crippen molar-refractivity contribution in [2.75, 3.05) is 34.9 Å². The quantitative estimate of drug-likeness (QED) is 0.634. The number of amides is 1. The molecular formula is C14H18N2O5S. The summed E-state index contributed by atoms with van der Waals surface area (Å²) in [6.45, 7) is -0.0585. The predicted octanol–water partition coefficient (Wildman–Crippen LogP) is 0.823. The van der Waals surface area contributed by atoms with Crippen molar-refractivity contribution in [3.8, 4) is 11.5 Å². The van der Waals surface area contributed by atoms with Gasteiger partial charge in [0.15, 0.2) is 5.11 Å². The van der Waals surface area contributed by atoms with E-state index in [0.29, 0.717) is 17.1 Å². The van der Waals surface area contributed by atoms with Gasteiger partial charge in [-0.3, -0.25) is 14.9 Å². The highest BCUT2D eigenvalue weighted by Gasteiger charge is 2.15. The number of ether oxygens (including phenoxy) is 3. The summed E-state index contributed by atoms with van der Waals surface area (Å²) in [7, 11) is 5.84. The van der Waals surface area contributed by atoms with Crippen LogP contribution in [-0.4, -0.2) is 56.8 Å². The Labute approximate surface area is 134 Å². The monoisotopic (exact) mass is 326 g/mol. The molecule has 0 unspecified atom stereocenters. The SMILES string of the molecule is COC(=O)CN(C)C(=S)NC(=O)c1cc(OC)cc(OC)c1. The van der Waals surface area contributed by atoms with Gasteiger partial charge in [0.25, 0.3) is 5.91 Å². The molecule has 1 amide bonds. The molecule has 0 aliphatic carbocycles. The van der Waals surface area contributed by atoms with Crippen LogP contribution in [-0.2, 0) is 9.53 Å². The first kappa shape index (κ1) is 17.7. The van der Waals surface area contributed by atoms with E-state index in [0.717, 1.165) is 0 Å². The summed E-state index contributed by atoms with van der Waals surface area (Å²) in [5.74, 6) is 0.0812. The molecule has 1 aromatic rings. The number of rotatable bonds is 5. The van der Waals surface area contributed by atoms with E-state index in [2.05, 4.69) is 10.1 Å². The standard InChI is InChI=1S/C14H18N2O5S/c1-16(8-12(17)21-4)14(22)15-13(18)9-5-10(19-2)7-11(6-9)20-3/h5-7H,8H2,1-4H3,(H,15,18,22). The Kier molecular flexibility index (Phi) is 6.58. The maximum atomic E-state index is 12.2. The summed E-state index contributed by atoms with van der Waals surface area (Å²) in [6, 6.07) is 4.76. The van der Waals surface area contributed by atoms with Crippen molar-refractivity contribution in [3.05, 3.63) is 23.8 Å². The van der Waals surface area contributed by atoms with Crippen molar-refractivity contribution in [1.82, 2.24) is 10.2 Å². The largest absolute Gasteiger partial charge is 0.497 e. The van der Waals surface area contributed by atoms with Crippen molar-refractivity contribution < 1.29 is 23.8 Å². The lowest BCUT2D eigenvalue weighted by Crippen LogP contribution is -2.42. The van der Waals surface area contributed by atoms with E-state index in [9.17, 15) is 9.59 Å². The Morgan fingerprint density at radius 3 is 2.14 bits per heavy atom. The Bertz CT molecular complexity index is 554. The van der Waals surface area contributed by atoms with Crippen LogP contribution in [0.5, 0.6) is 11.5 Å². The Morgan fingerprint density at radius 2 is 1.68 bits per heavy atom. The van der Waals surface area contributed by atoms with Crippen LogP contribution in [0, 0.1) is 0 Å². The third-order valence-electron chi connectivity index (χ3n) is 2.77. The normalized spacial score (nSPS) is 9.64. The Morgan fingerprint density at radius 1 is 1.14 bits per heavy atom. The summed E-state index contributed by atoms with van der Waals surface area (Å²) in [5.41, 5.74) is 0.324. The third-order valence-corrected chi connectivity index (χ3v) is 3.19. The van der Waals surface area contributed by atoms with Gasteiger partial charge in [0, 0.05) is 18.7 Å². The molecule has 0 atom stereocenters.